The average Bonchev–Trinajstić information content (AvgIpc) is 2.68. The molecule has 0 aromatic heterocycles. The Kier molecular flexibility index (Phi) is 4.91. The number of carbonyl (C=O) groups excluding carboxylic acids is 1. The second kappa shape index (κ2) is 5.79. The van der Waals surface area contributed by atoms with Crippen LogP contribution in [0.15, 0.2) is 0 Å². The van der Waals surface area contributed by atoms with Gasteiger partial charge in [-0.15, -0.1) is 0 Å². The van der Waals surface area contributed by atoms with E-state index >= 15 is 0 Å². The van der Waals surface area contributed by atoms with Gasteiger partial charge >= 0.3 is 0 Å². The molecule has 1 saturated heterocycles. The van der Waals surface area contributed by atoms with Crippen molar-refractivity contribution in [2.45, 2.75) is 31.9 Å². The lowest BCUT2D eigenvalue weighted by molar-refractivity contribution is -0.122. The van der Waals surface area contributed by atoms with E-state index in [0.717, 1.165) is 30.0 Å². The molecule has 0 aromatic carbocycles. The first-order valence-electron chi connectivity index (χ1n) is 5.63. The van der Waals surface area contributed by atoms with Crippen LogP contribution in [0.4, 0.5) is 0 Å². The van der Waals surface area contributed by atoms with Crippen LogP contribution < -0.4 is 5.32 Å². The molecule has 6 nitrogen and oxygen atoms in total. The molecule has 0 bridgehead atoms. The van der Waals surface area contributed by atoms with Crippen molar-refractivity contribution in [3.8, 4) is 0 Å². The highest BCUT2D eigenvalue weighted by molar-refractivity contribution is 7.88. The summed E-state index contributed by atoms with van der Waals surface area (Å²) in [6, 6.07) is -0.0852. The minimum absolute atomic E-state index is 0.0440. The van der Waals surface area contributed by atoms with Gasteiger partial charge in [-0.25, -0.2) is 8.42 Å². The monoisotopic (exact) mass is 264 g/mol. The standard InChI is InChI=1S/C10H20N2O4S/c1-8(9-5-4-6-16-9)11-10(13)7-12(2)17(3,14)15/h8-9H,4-7H2,1-3H3,(H,11,13)/t8-,9-/m1/s1. The number of nitrogens with one attached hydrogen (secondary N) is 1. The molecule has 0 unspecified atom stereocenters. The van der Waals surface area contributed by atoms with Crippen molar-refractivity contribution in [3.05, 3.63) is 0 Å². The Bertz CT molecular complexity index is 363. The van der Waals surface area contributed by atoms with Crippen LogP contribution in [-0.2, 0) is 19.6 Å². The zero-order valence-electron chi connectivity index (χ0n) is 10.5. The minimum Gasteiger partial charge on any atom is -0.376 e. The molecular weight excluding hydrogens is 244 g/mol. The van der Waals surface area contributed by atoms with Gasteiger partial charge in [0, 0.05) is 13.7 Å². The molecule has 0 saturated carbocycles. The molecule has 17 heavy (non-hydrogen) atoms. The SMILES string of the molecule is C[C@@H](NC(=O)CN(C)S(C)(=O)=O)[C@H]1CCCO1. The van der Waals surface area contributed by atoms with E-state index in [4.69, 9.17) is 4.74 Å². The first-order valence-corrected chi connectivity index (χ1v) is 7.48. The third kappa shape index (κ3) is 4.61. The van der Waals surface area contributed by atoms with Crippen LogP contribution in [0.2, 0.25) is 0 Å². The zero-order valence-corrected chi connectivity index (χ0v) is 11.3. The number of sulfonamides is 1. The van der Waals surface area contributed by atoms with E-state index < -0.39 is 10.0 Å². The van der Waals surface area contributed by atoms with Crippen LogP contribution >= 0.6 is 0 Å². The van der Waals surface area contributed by atoms with Crippen molar-refractivity contribution in [2.75, 3.05) is 26.5 Å². The van der Waals surface area contributed by atoms with E-state index in [1.54, 1.807) is 0 Å². The molecule has 7 heteroatoms. The Hall–Kier alpha value is -0.660. The summed E-state index contributed by atoms with van der Waals surface area (Å²) in [6.07, 6.45) is 3.06. The molecule has 1 N–H and O–H groups in total. The molecule has 1 rings (SSSR count). The number of ether oxygens (including phenoxy) is 1. The highest BCUT2D eigenvalue weighted by Crippen LogP contribution is 2.15. The fourth-order valence-electron chi connectivity index (χ4n) is 1.71. The number of nitrogens with zero attached hydrogens (tertiary/aromatic N) is 1. The Morgan fingerprint density at radius 2 is 2.24 bits per heavy atom. The smallest absolute Gasteiger partial charge is 0.235 e. The van der Waals surface area contributed by atoms with Crippen molar-refractivity contribution in [3.63, 3.8) is 0 Å². The topological polar surface area (TPSA) is 75.7 Å². The van der Waals surface area contributed by atoms with Gasteiger partial charge in [-0.2, -0.15) is 4.31 Å². The molecule has 2 atom stereocenters. The number of likely N-dealkylation sites (N-methyl/N-ethyl adjacent to an activating group) is 1. The van der Waals surface area contributed by atoms with E-state index in [1.165, 1.54) is 7.05 Å². The predicted molar refractivity (Wildman–Crippen MR) is 64.1 cm³/mol. The summed E-state index contributed by atoms with van der Waals surface area (Å²) in [5, 5.41) is 2.75. The van der Waals surface area contributed by atoms with Crippen LogP contribution in [0.3, 0.4) is 0 Å². The summed E-state index contributed by atoms with van der Waals surface area (Å²) in [7, 11) is -1.93. The van der Waals surface area contributed by atoms with Gasteiger partial charge in [0.25, 0.3) is 0 Å². The Morgan fingerprint density at radius 1 is 1.59 bits per heavy atom. The Labute approximate surface area is 102 Å². The molecule has 1 amide bonds. The van der Waals surface area contributed by atoms with Gasteiger partial charge in [-0.05, 0) is 19.8 Å². The maximum absolute atomic E-state index is 11.6. The van der Waals surface area contributed by atoms with Crippen LogP contribution in [0.25, 0.3) is 0 Å². The number of carbonyl (C=O) groups is 1. The second-order valence-corrected chi connectivity index (χ2v) is 6.52. The number of rotatable bonds is 5. The van der Waals surface area contributed by atoms with Crippen molar-refractivity contribution in [1.29, 1.82) is 0 Å². The third-order valence-corrected chi connectivity index (χ3v) is 4.11. The highest BCUT2D eigenvalue weighted by Gasteiger charge is 2.24. The van der Waals surface area contributed by atoms with E-state index in [9.17, 15) is 13.2 Å². The molecule has 1 aliphatic heterocycles. The Balaban J connectivity index is 2.38. The molecule has 1 fully saturated rings. The first-order chi connectivity index (χ1) is 7.80. The molecular formula is C10H20N2O4S. The summed E-state index contributed by atoms with van der Waals surface area (Å²) < 4.78 is 28.7. The van der Waals surface area contributed by atoms with Crippen LogP contribution in [0.1, 0.15) is 19.8 Å². The third-order valence-electron chi connectivity index (χ3n) is 2.84. The highest BCUT2D eigenvalue weighted by atomic mass is 32.2. The van der Waals surface area contributed by atoms with Crippen LogP contribution in [-0.4, -0.2) is 57.2 Å². The fourth-order valence-corrected chi connectivity index (χ4v) is 2.06. The van der Waals surface area contributed by atoms with Gasteiger partial charge in [0.05, 0.1) is 24.9 Å². The molecule has 0 spiro atoms. The summed E-state index contributed by atoms with van der Waals surface area (Å²) in [4.78, 5) is 11.6. The minimum atomic E-state index is -3.31. The molecule has 0 aromatic rings. The van der Waals surface area contributed by atoms with Crippen molar-refractivity contribution >= 4 is 15.9 Å². The Morgan fingerprint density at radius 3 is 2.71 bits per heavy atom. The summed E-state index contributed by atoms with van der Waals surface area (Å²) in [6.45, 7) is 2.44. The molecule has 1 heterocycles. The van der Waals surface area contributed by atoms with Crippen molar-refractivity contribution in [2.24, 2.45) is 0 Å². The summed E-state index contributed by atoms with van der Waals surface area (Å²) in [5.74, 6) is -0.305. The largest absolute Gasteiger partial charge is 0.376 e. The van der Waals surface area contributed by atoms with Crippen LogP contribution in [0.5, 0.6) is 0 Å². The number of hydrogen-bond acceptors (Lipinski definition) is 4. The first kappa shape index (κ1) is 14.4. The van der Waals surface area contributed by atoms with Gasteiger partial charge in [0.15, 0.2) is 0 Å². The fraction of sp³-hybridized carbons (Fsp3) is 0.900. The summed E-state index contributed by atoms with van der Waals surface area (Å²) in [5.41, 5.74) is 0. The average molecular weight is 264 g/mol. The van der Waals surface area contributed by atoms with E-state index in [0.29, 0.717) is 0 Å². The zero-order chi connectivity index (χ0) is 13.1. The maximum atomic E-state index is 11.6. The summed E-state index contributed by atoms with van der Waals surface area (Å²) >= 11 is 0. The lowest BCUT2D eigenvalue weighted by atomic mass is 10.1. The van der Waals surface area contributed by atoms with Gasteiger partial charge in [0.1, 0.15) is 0 Å². The van der Waals surface area contributed by atoms with E-state index in [1.807, 2.05) is 6.92 Å². The number of amides is 1. The predicted octanol–water partition coefficient (Wildman–Crippen LogP) is -0.438. The lowest BCUT2D eigenvalue weighted by Gasteiger charge is -2.21. The van der Waals surface area contributed by atoms with Gasteiger partial charge in [-0.3, -0.25) is 4.79 Å². The van der Waals surface area contributed by atoms with E-state index in [-0.39, 0.29) is 24.6 Å². The molecule has 0 radical (unpaired) electrons. The lowest BCUT2D eigenvalue weighted by Crippen LogP contribution is -2.45. The van der Waals surface area contributed by atoms with Crippen LogP contribution in [0, 0.1) is 0 Å². The van der Waals surface area contributed by atoms with Gasteiger partial charge in [0.2, 0.25) is 15.9 Å². The van der Waals surface area contributed by atoms with Gasteiger partial charge < -0.3 is 10.1 Å². The van der Waals surface area contributed by atoms with Gasteiger partial charge in [-0.1, -0.05) is 0 Å². The van der Waals surface area contributed by atoms with Crippen molar-refractivity contribution in [1.82, 2.24) is 9.62 Å². The molecule has 1 aliphatic rings. The number of hydrogen-bond donors (Lipinski definition) is 1. The second-order valence-electron chi connectivity index (χ2n) is 4.43. The van der Waals surface area contributed by atoms with E-state index in [2.05, 4.69) is 5.32 Å². The maximum Gasteiger partial charge on any atom is 0.235 e. The normalized spacial score (nSPS) is 22.7. The quantitative estimate of drug-likeness (QED) is 0.730. The molecule has 0 aliphatic carbocycles. The van der Waals surface area contributed by atoms with Crippen molar-refractivity contribution < 1.29 is 17.9 Å². The molecule has 100 valence electrons.